The van der Waals surface area contributed by atoms with Crippen molar-refractivity contribution in [1.82, 2.24) is 23.8 Å². The summed E-state index contributed by atoms with van der Waals surface area (Å²) in [6.07, 6.45) is 1.46. The van der Waals surface area contributed by atoms with E-state index in [1.807, 2.05) is 4.90 Å². The van der Waals surface area contributed by atoms with Gasteiger partial charge in [-0.15, -0.1) is 0 Å². The van der Waals surface area contributed by atoms with E-state index in [0.29, 0.717) is 80.3 Å². The van der Waals surface area contributed by atoms with Gasteiger partial charge < -0.3 is 15.0 Å². The molecule has 0 radical (unpaired) electrons. The molecule has 1 aliphatic carbocycles. The van der Waals surface area contributed by atoms with Gasteiger partial charge in [-0.25, -0.2) is 22.2 Å². The van der Waals surface area contributed by atoms with E-state index in [4.69, 9.17) is 14.7 Å². The number of halogens is 2. The third kappa shape index (κ3) is 5.44. The molecule has 4 heterocycles. The van der Waals surface area contributed by atoms with Gasteiger partial charge in [-0.1, -0.05) is 12.1 Å². The number of morpholine rings is 1. The second kappa shape index (κ2) is 10.9. The summed E-state index contributed by atoms with van der Waals surface area (Å²) in [4.78, 5) is 15.6. The lowest BCUT2D eigenvalue weighted by Crippen LogP contribution is -2.40. The quantitative estimate of drug-likeness (QED) is 0.467. The van der Waals surface area contributed by atoms with E-state index in [1.165, 1.54) is 4.57 Å². The Kier molecular flexibility index (Phi) is 7.38. The summed E-state index contributed by atoms with van der Waals surface area (Å²) in [5.74, 6) is 1.62. The van der Waals surface area contributed by atoms with E-state index in [9.17, 15) is 17.2 Å². The molecule has 0 unspecified atom stereocenters. The Hall–Kier alpha value is -2.90. The zero-order chi connectivity index (χ0) is 27.0. The number of hydrogen-bond acceptors (Lipinski definition) is 8. The molecule has 0 bridgehead atoms. The van der Waals surface area contributed by atoms with Crippen LogP contribution in [0, 0.1) is 5.92 Å². The Balaban J connectivity index is 1.24. The van der Waals surface area contributed by atoms with Crippen LogP contribution in [-0.4, -0.2) is 83.4 Å². The molecule has 2 saturated heterocycles. The highest BCUT2D eigenvalue weighted by Gasteiger charge is 2.36. The first-order chi connectivity index (χ1) is 18.9. The molecular formula is C26H33F2N7O3S. The molecule has 3 aliphatic rings. The average molecular weight is 562 g/mol. The van der Waals surface area contributed by atoms with Gasteiger partial charge >= 0.3 is 0 Å². The Labute approximate surface area is 226 Å². The largest absolute Gasteiger partial charge is 0.378 e. The van der Waals surface area contributed by atoms with Crippen molar-refractivity contribution in [3.63, 3.8) is 0 Å². The van der Waals surface area contributed by atoms with Crippen molar-refractivity contribution in [2.75, 3.05) is 55.4 Å². The predicted octanol–water partition coefficient (Wildman–Crippen LogP) is 3.60. The van der Waals surface area contributed by atoms with Crippen molar-refractivity contribution >= 4 is 32.8 Å². The molecule has 1 saturated carbocycles. The van der Waals surface area contributed by atoms with Crippen molar-refractivity contribution in [3.8, 4) is 5.82 Å². The van der Waals surface area contributed by atoms with Crippen LogP contribution in [0.5, 0.6) is 0 Å². The number of rotatable bonds is 7. The molecule has 210 valence electrons. The molecule has 3 fully saturated rings. The molecule has 13 heteroatoms. The van der Waals surface area contributed by atoms with E-state index < -0.39 is 16.4 Å². The normalized spacial score (nSPS) is 24.0. The van der Waals surface area contributed by atoms with Gasteiger partial charge in [-0.2, -0.15) is 14.3 Å². The van der Waals surface area contributed by atoms with Crippen LogP contribution in [0.15, 0.2) is 30.3 Å². The number of hydrogen-bond donors (Lipinski definition) is 1. The minimum absolute atomic E-state index is 0.0922. The van der Waals surface area contributed by atoms with E-state index in [1.54, 1.807) is 34.6 Å². The lowest BCUT2D eigenvalue weighted by Gasteiger charge is -2.33. The molecule has 39 heavy (non-hydrogen) atoms. The summed E-state index contributed by atoms with van der Waals surface area (Å²) in [5, 5.41) is 3.43. The number of imidazole rings is 1. The molecule has 6 rings (SSSR count). The van der Waals surface area contributed by atoms with Gasteiger partial charge in [0.25, 0.3) is 6.43 Å². The third-order valence-corrected chi connectivity index (χ3v) is 9.94. The summed E-state index contributed by atoms with van der Waals surface area (Å²) in [7, 11) is -3.10. The fraction of sp³-hybridized carbons (Fsp3) is 0.577. The molecular weight excluding hydrogens is 528 g/mol. The standard InChI is InChI=1S/C26H33F2N7O3S/c27-24(28)25-30-20-4-1-2-5-21(20)35(25)23-16-22(31-26(32-23)33-11-13-38-14-12-33)29-17-18-6-8-19(9-7-18)34-10-3-15-39(34,36)37/h1-2,4-5,16,18-19,24H,3,6-15,17H2,(H,29,31,32)/t18-,19-. The zero-order valence-corrected chi connectivity index (χ0v) is 22.5. The van der Waals surface area contributed by atoms with Crippen LogP contribution in [0.4, 0.5) is 20.5 Å². The van der Waals surface area contributed by atoms with E-state index >= 15 is 0 Å². The van der Waals surface area contributed by atoms with Crippen LogP contribution in [-0.2, 0) is 14.8 Å². The summed E-state index contributed by atoms with van der Waals surface area (Å²) in [6, 6.07) is 8.83. The number of benzene rings is 1. The van der Waals surface area contributed by atoms with Gasteiger partial charge in [0, 0.05) is 38.3 Å². The lowest BCUT2D eigenvalue weighted by molar-refractivity contribution is 0.122. The first-order valence-electron chi connectivity index (χ1n) is 13.6. The molecule has 0 spiro atoms. The highest BCUT2D eigenvalue weighted by molar-refractivity contribution is 7.89. The SMILES string of the molecule is O=S1(=O)CCCN1[C@H]1CC[C@H](CNc2cc(-n3c(C(F)F)nc4ccccc43)nc(N3CCOCC3)n2)CC1. The summed E-state index contributed by atoms with van der Waals surface area (Å²) >= 11 is 0. The van der Waals surface area contributed by atoms with Gasteiger partial charge in [0.1, 0.15) is 11.6 Å². The molecule has 0 atom stereocenters. The number of nitrogens with zero attached hydrogens (tertiary/aromatic N) is 6. The van der Waals surface area contributed by atoms with Crippen LogP contribution >= 0.6 is 0 Å². The van der Waals surface area contributed by atoms with Crippen LogP contribution in [0.2, 0.25) is 0 Å². The Morgan fingerprint density at radius 3 is 2.51 bits per heavy atom. The lowest BCUT2D eigenvalue weighted by atomic mass is 9.86. The summed E-state index contributed by atoms with van der Waals surface area (Å²) in [5.41, 5.74) is 1.03. The van der Waals surface area contributed by atoms with Gasteiger partial charge in [0.2, 0.25) is 16.0 Å². The molecule has 1 aromatic carbocycles. The van der Waals surface area contributed by atoms with Crippen LogP contribution in [0.1, 0.15) is 44.4 Å². The van der Waals surface area contributed by atoms with Crippen molar-refractivity contribution in [2.45, 2.75) is 44.6 Å². The van der Waals surface area contributed by atoms with Gasteiger partial charge in [-0.3, -0.25) is 4.57 Å². The Bertz CT molecular complexity index is 1420. The van der Waals surface area contributed by atoms with Crippen molar-refractivity contribution < 1.29 is 21.9 Å². The minimum atomic E-state index is -3.10. The smallest absolute Gasteiger partial charge is 0.296 e. The molecule has 2 aromatic heterocycles. The second-order valence-corrected chi connectivity index (χ2v) is 12.5. The summed E-state index contributed by atoms with van der Waals surface area (Å²) < 4.78 is 61.4. The number of aromatic nitrogens is 4. The van der Waals surface area contributed by atoms with Crippen molar-refractivity contribution in [2.24, 2.45) is 5.92 Å². The number of alkyl halides is 2. The second-order valence-electron chi connectivity index (χ2n) is 10.4. The summed E-state index contributed by atoms with van der Waals surface area (Å²) in [6.45, 7) is 3.60. The predicted molar refractivity (Wildman–Crippen MR) is 144 cm³/mol. The number of nitrogens with one attached hydrogen (secondary N) is 1. The molecule has 1 N–H and O–H groups in total. The first kappa shape index (κ1) is 26.3. The maximum Gasteiger partial charge on any atom is 0.296 e. The van der Waals surface area contributed by atoms with Gasteiger partial charge in [0.05, 0.1) is 30.0 Å². The monoisotopic (exact) mass is 561 g/mol. The van der Waals surface area contributed by atoms with E-state index in [0.717, 1.165) is 25.7 Å². The van der Waals surface area contributed by atoms with Crippen molar-refractivity contribution in [1.29, 1.82) is 0 Å². The highest BCUT2D eigenvalue weighted by atomic mass is 32.2. The van der Waals surface area contributed by atoms with Crippen molar-refractivity contribution in [3.05, 3.63) is 36.2 Å². The van der Waals surface area contributed by atoms with Crippen LogP contribution in [0.3, 0.4) is 0 Å². The van der Waals surface area contributed by atoms with Crippen LogP contribution in [0.25, 0.3) is 16.9 Å². The third-order valence-electron chi connectivity index (χ3n) is 7.94. The Morgan fingerprint density at radius 2 is 1.79 bits per heavy atom. The highest BCUT2D eigenvalue weighted by Crippen LogP contribution is 2.32. The number of anilines is 2. The number of ether oxygens (including phenoxy) is 1. The Morgan fingerprint density at radius 1 is 1.03 bits per heavy atom. The average Bonchev–Trinajstić information content (AvgIpc) is 3.52. The number of para-hydroxylation sites is 2. The first-order valence-corrected chi connectivity index (χ1v) is 15.2. The zero-order valence-electron chi connectivity index (χ0n) is 21.7. The molecule has 10 nitrogen and oxygen atoms in total. The number of fused-ring (bicyclic) bond motifs is 1. The number of sulfonamides is 1. The fourth-order valence-corrected chi connectivity index (χ4v) is 7.72. The fourth-order valence-electron chi connectivity index (χ4n) is 5.92. The van der Waals surface area contributed by atoms with Crippen LogP contribution < -0.4 is 10.2 Å². The molecule has 3 aromatic rings. The molecule has 0 amide bonds. The maximum atomic E-state index is 14.1. The molecule has 2 aliphatic heterocycles. The van der Waals surface area contributed by atoms with E-state index in [2.05, 4.69) is 10.3 Å². The maximum absolute atomic E-state index is 14.1. The van der Waals surface area contributed by atoms with Gasteiger partial charge in [-0.05, 0) is 50.2 Å². The topological polar surface area (TPSA) is 105 Å². The minimum Gasteiger partial charge on any atom is -0.378 e. The van der Waals surface area contributed by atoms with Gasteiger partial charge in [0.15, 0.2) is 5.82 Å². The van der Waals surface area contributed by atoms with E-state index in [-0.39, 0.29) is 17.6 Å².